The number of rotatable bonds is 6. The number of amides is 1. The number of carbonyl (C=O) groups is 1. The Morgan fingerprint density at radius 2 is 1.94 bits per heavy atom. The van der Waals surface area contributed by atoms with Gasteiger partial charge in [0.05, 0.1) is 28.8 Å². The molecule has 7 nitrogen and oxygen atoms in total. The summed E-state index contributed by atoms with van der Waals surface area (Å²) in [6.45, 7) is 4.32. The van der Waals surface area contributed by atoms with Crippen LogP contribution in [0.2, 0.25) is 0 Å². The van der Waals surface area contributed by atoms with Crippen LogP contribution < -0.4 is 9.64 Å². The summed E-state index contributed by atoms with van der Waals surface area (Å²) in [4.78, 5) is 20.2. The van der Waals surface area contributed by atoms with Gasteiger partial charge >= 0.3 is 0 Å². The smallest absolute Gasteiger partial charge is 0.236 e. The van der Waals surface area contributed by atoms with Crippen molar-refractivity contribution in [1.82, 2.24) is 9.29 Å². The van der Waals surface area contributed by atoms with Gasteiger partial charge in [-0.3, -0.25) is 9.69 Å². The number of benzene rings is 2. The van der Waals surface area contributed by atoms with Gasteiger partial charge in [-0.2, -0.15) is 0 Å². The van der Waals surface area contributed by atoms with Crippen molar-refractivity contribution in [3.05, 3.63) is 48.0 Å². The Balaban J connectivity index is 1.72. The molecule has 0 bridgehead atoms. The van der Waals surface area contributed by atoms with Gasteiger partial charge in [-0.05, 0) is 56.5 Å². The summed E-state index contributed by atoms with van der Waals surface area (Å²) in [5.74, 6) is 0.287. The van der Waals surface area contributed by atoms with Gasteiger partial charge in [-0.15, -0.1) is 0 Å². The van der Waals surface area contributed by atoms with Gasteiger partial charge in [0.15, 0.2) is 5.13 Å². The van der Waals surface area contributed by atoms with Crippen LogP contribution in [0.25, 0.3) is 10.2 Å². The van der Waals surface area contributed by atoms with Crippen molar-refractivity contribution in [3.8, 4) is 5.75 Å². The second-order valence-electron chi connectivity index (χ2n) is 7.89. The van der Waals surface area contributed by atoms with Crippen molar-refractivity contribution in [2.45, 2.75) is 26.7 Å². The Kier molecular flexibility index (Phi) is 6.50. The van der Waals surface area contributed by atoms with E-state index < -0.39 is 10.0 Å². The number of aryl methyl sites for hydroxylation is 1. The normalized spacial score (nSPS) is 15.7. The number of fused-ring (bicyclic) bond motifs is 1. The summed E-state index contributed by atoms with van der Waals surface area (Å²) in [6, 6.07) is 13.5. The van der Waals surface area contributed by atoms with Crippen LogP contribution in [0.15, 0.2) is 42.5 Å². The predicted molar refractivity (Wildman–Crippen MR) is 128 cm³/mol. The molecule has 0 N–H and O–H groups in total. The molecule has 1 fully saturated rings. The number of methoxy groups -OCH3 is 1. The first-order chi connectivity index (χ1) is 15.3. The molecule has 2 aromatic carbocycles. The molecule has 1 aliphatic rings. The number of ether oxygens (including phenoxy) is 1. The third kappa shape index (κ3) is 4.37. The standard InChI is InChI=1S/C23H27N3O4S2/c1-4-32(28,29)25-13-11-17(12-14-25)22(27)26(19-15-16(2)9-10-20(19)30-3)23-24-18-7-5-6-8-21(18)31-23/h5-10,15,17H,4,11-14H2,1-3H3. The largest absolute Gasteiger partial charge is 0.495 e. The lowest BCUT2D eigenvalue weighted by atomic mass is 9.96. The molecule has 1 aliphatic heterocycles. The topological polar surface area (TPSA) is 79.8 Å². The Morgan fingerprint density at radius 3 is 2.59 bits per heavy atom. The molecule has 9 heteroatoms. The van der Waals surface area contributed by atoms with Crippen LogP contribution >= 0.6 is 11.3 Å². The van der Waals surface area contributed by atoms with Crippen LogP contribution in [-0.4, -0.2) is 49.6 Å². The lowest BCUT2D eigenvalue weighted by Crippen LogP contribution is -2.43. The van der Waals surface area contributed by atoms with E-state index in [9.17, 15) is 13.2 Å². The van der Waals surface area contributed by atoms with Gasteiger partial charge in [0, 0.05) is 19.0 Å². The predicted octanol–water partition coefficient (Wildman–Crippen LogP) is 4.34. The first-order valence-corrected chi connectivity index (χ1v) is 13.1. The number of piperidine rings is 1. The second kappa shape index (κ2) is 9.17. The van der Waals surface area contributed by atoms with Crippen molar-refractivity contribution in [2.75, 3.05) is 30.9 Å². The van der Waals surface area contributed by atoms with E-state index in [1.807, 2.05) is 49.4 Å². The van der Waals surface area contributed by atoms with Crippen molar-refractivity contribution < 1.29 is 17.9 Å². The molecule has 0 radical (unpaired) electrons. The Bertz CT molecular complexity index is 1200. The third-order valence-electron chi connectivity index (χ3n) is 5.83. The van der Waals surface area contributed by atoms with Gasteiger partial charge in [-0.25, -0.2) is 17.7 Å². The molecule has 4 rings (SSSR count). The number of aromatic nitrogens is 1. The molecule has 1 aromatic heterocycles. The summed E-state index contributed by atoms with van der Waals surface area (Å²) in [5, 5.41) is 0.587. The average molecular weight is 474 g/mol. The summed E-state index contributed by atoms with van der Waals surface area (Å²) >= 11 is 1.46. The van der Waals surface area contributed by atoms with Gasteiger partial charge in [0.25, 0.3) is 0 Å². The molecule has 3 aromatic rings. The SMILES string of the molecule is CCS(=O)(=O)N1CCC(C(=O)N(c2nc3ccccc3s2)c2cc(C)ccc2OC)CC1. The Morgan fingerprint density at radius 1 is 1.22 bits per heavy atom. The summed E-state index contributed by atoms with van der Waals surface area (Å²) in [7, 11) is -1.66. The molecular weight excluding hydrogens is 446 g/mol. The van der Waals surface area contributed by atoms with E-state index in [0.29, 0.717) is 42.5 Å². The minimum Gasteiger partial charge on any atom is -0.495 e. The van der Waals surface area contributed by atoms with Gasteiger partial charge in [-0.1, -0.05) is 29.5 Å². The minimum absolute atomic E-state index is 0.0733. The van der Waals surface area contributed by atoms with E-state index in [4.69, 9.17) is 9.72 Å². The summed E-state index contributed by atoms with van der Waals surface area (Å²) in [6.07, 6.45) is 0.960. The van der Waals surface area contributed by atoms with E-state index in [-0.39, 0.29) is 17.6 Å². The van der Waals surface area contributed by atoms with Gasteiger partial charge in [0.2, 0.25) is 15.9 Å². The average Bonchev–Trinajstić information content (AvgIpc) is 3.23. The van der Waals surface area contributed by atoms with Crippen LogP contribution in [-0.2, 0) is 14.8 Å². The number of hydrogen-bond acceptors (Lipinski definition) is 6. The maximum Gasteiger partial charge on any atom is 0.236 e. The first-order valence-electron chi connectivity index (χ1n) is 10.7. The molecule has 32 heavy (non-hydrogen) atoms. The summed E-state index contributed by atoms with van der Waals surface area (Å²) < 4.78 is 32.5. The van der Waals surface area contributed by atoms with Crippen molar-refractivity contribution >= 4 is 48.3 Å². The zero-order valence-electron chi connectivity index (χ0n) is 18.4. The highest BCUT2D eigenvalue weighted by atomic mass is 32.2. The lowest BCUT2D eigenvalue weighted by Gasteiger charge is -2.33. The van der Waals surface area contributed by atoms with Gasteiger partial charge < -0.3 is 4.74 Å². The maximum atomic E-state index is 13.9. The molecule has 0 spiro atoms. The van der Waals surface area contributed by atoms with Crippen LogP contribution in [0.3, 0.4) is 0 Å². The molecule has 0 aliphatic carbocycles. The Labute approximate surface area is 192 Å². The fraction of sp³-hybridized carbons (Fsp3) is 0.391. The van der Waals surface area contributed by atoms with Crippen LogP contribution in [0.4, 0.5) is 10.8 Å². The maximum absolute atomic E-state index is 13.9. The number of sulfonamides is 1. The zero-order chi connectivity index (χ0) is 22.9. The van der Waals surface area contributed by atoms with Crippen LogP contribution in [0, 0.1) is 12.8 Å². The summed E-state index contributed by atoms with van der Waals surface area (Å²) in [5.41, 5.74) is 2.49. The van der Waals surface area contributed by atoms with Gasteiger partial charge in [0.1, 0.15) is 5.75 Å². The molecule has 2 heterocycles. The number of thiazole rings is 1. The molecule has 0 saturated carbocycles. The van der Waals surface area contributed by atoms with E-state index in [0.717, 1.165) is 15.8 Å². The van der Waals surface area contributed by atoms with Crippen LogP contribution in [0.5, 0.6) is 5.75 Å². The quantitative estimate of drug-likeness (QED) is 0.532. The number of para-hydroxylation sites is 1. The molecule has 1 saturated heterocycles. The van der Waals surface area contributed by atoms with E-state index in [2.05, 4.69) is 0 Å². The highest BCUT2D eigenvalue weighted by molar-refractivity contribution is 7.89. The highest BCUT2D eigenvalue weighted by Gasteiger charge is 2.35. The molecule has 0 unspecified atom stereocenters. The third-order valence-corrected chi connectivity index (χ3v) is 8.73. The lowest BCUT2D eigenvalue weighted by molar-refractivity contribution is -0.122. The number of nitrogens with zero attached hydrogens (tertiary/aromatic N) is 3. The number of carbonyl (C=O) groups excluding carboxylic acids is 1. The fourth-order valence-electron chi connectivity index (χ4n) is 3.99. The highest BCUT2D eigenvalue weighted by Crippen LogP contribution is 2.40. The van der Waals surface area contributed by atoms with E-state index in [1.165, 1.54) is 15.6 Å². The minimum atomic E-state index is -3.25. The van der Waals surface area contributed by atoms with Crippen molar-refractivity contribution in [3.63, 3.8) is 0 Å². The fourth-order valence-corrected chi connectivity index (χ4v) is 6.11. The molecule has 0 atom stereocenters. The second-order valence-corrected chi connectivity index (χ2v) is 11.2. The number of anilines is 2. The van der Waals surface area contributed by atoms with Crippen LogP contribution in [0.1, 0.15) is 25.3 Å². The zero-order valence-corrected chi connectivity index (χ0v) is 20.1. The monoisotopic (exact) mass is 473 g/mol. The molecule has 1 amide bonds. The Hall–Kier alpha value is -2.49. The van der Waals surface area contributed by atoms with Crippen molar-refractivity contribution in [2.24, 2.45) is 5.92 Å². The first kappa shape index (κ1) is 22.7. The molecule has 170 valence electrons. The van der Waals surface area contributed by atoms with Crippen molar-refractivity contribution in [1.29, 1.82) is 0 Å². The van der Waals surface area contributed by atoms with E-state index >= 15 is 0 Å². The molecular formula is C23H27N3O4S2. The number of hydrogen-bond donors (Lipinski definition) is 0. The van der Waals surface area contributed by atoms with E-state index in [1.54, 1.807) is 18.9 Å².